The molecule has 5 rings (SSSR count). The van der Waals surface area contributed by atoms with Gasteiger partial charge in [-0.05, 0) is 48.0 Å². The summed E-state index contributed by atoms with van der Waals surface area (Å²) < 4.78 is 5.85. The van der Waals surface area contributed by atoms with Crippen molar-refractivity contribution in [2.24, 2.45) is 0 Å². The molecule has 1 aliphatic heterocycles. The van der Waals surface area contributed by atoms with Crippen molar-refractivity contribution >= 4 is 22.9 Å². The number of piperazine rings is 1. The second kappa shape index (κ2) is 8.96. The lowest BCUT2D eigenvalue weighted by Crippen LogP contribution is -2.44. The second-order valence-electron chi connectivity index (χ2n) is 8.42. The number of nitrogens with zero attached hydrogens (tertiary/aromatic N) is 3. The van der Waals surface area contributed by atoms with Gasteiger partial charge in [0.1, 0.15) is 11.8 Å². The largest absolute Gasteiger partial charge is 0.465 e. The van der Waals surface area contributed by atoms with Gasteiger partial charge in [0.2, 0.25) is 0 Å². The molecule has 2 N–H and O–H groups in total. The zero-order valence-electron chi connectivity index (χ0n) is 18.5. The Morgan fingerprint density at radius 2 is 1.82 bits per heavy atom. The number of rotatable bonds is 5. The first-order chi connectivity index (χ1) is 16.1. The van der Waals surface area contributed by atoms with Gasteiger partial charge < -0.3 is 24.6 Å². The second-order valence-corrected chi connectivity index (χ2v) is 8.42. The third-order valence-electron chi connectivity index (χ3n) is 6.16. The molecular weight excluding hydrogens is 416 g/mol. The highest BCUT2D eigenvalue weighted by Gasteiger charge is 2.15. The summed E-state index contributed by atoms with van der Waals surface area (Å²) in [6.45, 7) is 4.52. The van der Waals surface area contributed by atoms with E-state index in [4.69, 9.17) is 14.5 Å². The SMILES string of the molecule is CN1CCN(c2ccc(-c3cnc4c(-c5cccc(CNC(=O)O)c5)coc4c3)cc2)CC1. The van der Waals surface area contributed by atoms with E-state index >= 15 is 0 Å². The van der Waals surface area contributed by atoms with Crippen molar-refractivity contribution < 1.29 is 14.3 Å². The molecule has 0 aliphatic carbocycles. The number of amides is 1. The summed E-state index contributed by atoms with van der Waals surface area (Å²) in [5.41, 5.74) is 7.57. The molecule has 7 nitrogen and oxygen atoms in total. The average Bonchev–Trinajstić information content (AvgIpc) is 3.27. The van der Waals surface area contributed by atoms with Crippen molar-refractivity contribution in [3.05, 3.63) is 72.6 Å². The third kappa shape index (κ3) is 4.54. The molecule has 1 fully saturated rings. The van der Waals surface area contributed by atoms with Crippen molar-refractivity contribution in [3.8, 4) is 22.3 Å². The van der Waals surface area contributed by atoms with Gasteiger partial charge in [-0.3, -0.25) is 4.98 Å². The predicted octanol–water partition coefficient (Wildman–Crippen LogP) is 4.68. The molecule has 33 heavy (non-hydrogen) atoms. The zero-order valence-corrected chi connectivity index (χ0v) is 18.5. The van der Waals surface area contributed by atoms with E-state index in [0.29, 0.717) is 0 Å². The Morgan fingerprint density at radius 1 is 1.03 bits per heavy atom. The molecule has 1 aliphatic rings. The predicted molar refractivity (Wildman–Crippen MR) is 129 cm³/mol. The van der Waals surface area contributed by atoms with E-state index < -0.39 is 6.09 Å². The van der Waals surface area contributed by atoms with Gasteiger partial charge in [0.05, 0.1) is 0 Å². The first-order valence-electron chi connectivity index (χ1n) is 11.0. The number of hydrogen-bond donors (Lipinski definition) is 2. The normalized spacial score (nSPS) is 14.5. The topological polar surface area (TPSA) is 81.8 Å². The van der Waals surface area contributed by atoms with E-state index in [2.05, 4.69) is 46.4 Å². The number of furan rings is 1. The number of fused-ring (bicyclic) bond motifs is 1. The van der Waals surface area contributed by atoms with Crippen molar-refractivity contribution in [2.75, 3.05) is 38.1 Å². The number of carboxylic acid groups (broad SMARTS) is 1. The Bertz CT molecular complexity index is 1270. The molecule has 0 atom stereocenters. The van der Waals surface area contributed by atoms with Gasteiger partial charge >= 0.3 is 6.09 Å². The maximum atomic E-state index is 10.8. The Hall–Kier alpha value is -3.84. The highest BCUT2D eigenvalue weighted by atomic mass is 16.4. The minimum absolute atomic E-state index is 0.251. The first-order valence-corrected chi connectivity index (χ1v) is 11.0. The number of anilines is 1. The monoisotopic (exact) mass is 442 g/mol. The standard InChI is InChI=1S/C26H26N4O3/c1-29-9-11-30(12-10-29)22-7-5-19(6-8-22)21-14-24-25(27-16-21)23(17-33-24)20-4-2-3-18(13-20)15-28-26(31)32/h2-8,13-14,16-17,28H,9-12,15H2,1H3,(H,31,32). The van der Waals surface area contributed by atoms with Crippen LogP contribution >= 0.6 is 0 Å². The maximum absolute atomic E-state index is 10.8. The molecule has 168 valence electrons. The highest BCUT2D eigenvalue weighted by Crippen LogP contribution is 2.32. The van der Waals surface area contributed by atoms with Crippen LogP contribution in [0.15, 0.2) is 71.5 Å². The van der Waals surface area contributed by atoms with Gasteiger partial charge in [-0.15, -0.1) is 0 Å². The van der Waals surface area contributed by atoms with Gasteiger partial charge in [-0.2, -0.15) is 0 Å². The van der Waals surface area contributed by atoms with Crippen LogP contribution in [0, 0.1) is 0 Å². The number of hydrogen-bond acceptors (Lipinski definition) is 5. The lowest BCUT2D eigenvalue weighted by molar-refractivity contribution is 0.194. The zero-order chi connectivity index (χ0) is 22.8. The number of benzene rings is 2. The van der Waals surface area contributed by atoms with Crippen LogP contribution in [0.5, 0.6) is 0 Å². The van der Waals surface area contributed by atoms with Crippen LogP contribution < -0.4 is 10.2 Å². The molecule has 0 bridgehead atoms. The summed E-state index contributed by atoms with van der Waals surface area (Å²) >= 11 is 0. The van der Waals surface area contributed by atoms with E-state index in [-0.39, 0.29) is 6.54 Å². The Morgan fingerprint density at radius 3 is 2.58 bits per heavy atom. The van der Waals surface area contributed by atoms with Gasteiger partial charge in [-0.25, -0.2) is 4.79 Å². The van der Waals surface area contributed by atoms with E-state index in [0.717, 1.165) is 65.1 Å². The fourth-order valence-electron chi connectivity index (χ4n) is 4.23. The number of likely N-dealkylation sites (N-methyl/N-ethyl adjacent to an activating group) is 1. The van der Waals surface area contributed by atoms with E-state index in [9.17, 15) is 4.79 Å². The van der Waals surface area contributed by atoms with Crippen molar-refractivity contribution in [1.82, 2.24) is 15.2 Å². The molecule has 4 aromatic rings. The fourth-order valence-corrected chi connectivity index (χ4v) is 4.23. The third-order valence-corrected chi connectivity index (χ3v) is 6.16. The first kappa shape index (κ1) is 21.0. The summed E-state index contributed by atoms with van der Waals surface area (Å²) in [6, 6.07) is 18.4. The Balaban J connectivity index is 1.37. The lowest BCUT2D eigenvalue weighted by atomic mass is 10.0. The van der Waals surface area contributed by atoms with Crippen LogP contribution in [-0.4, -0.2) is 54.3 Å². The van der Waals surface area contributed by atoms with Crippen molar-refractivity contribution in [1.29, 1.82) is 0 Å². The molecule has 2 aromatic carbocycles. The fraction of sp³-hybridized carbons (Fsp3) is 0.231. The Labute approximate surface area is 192 Å². The van der Waals surface area contributed by atoms with E-state index in [1.54, 1.807) is 6.26 Å². The molecular formula is C26H26N4O3. The number of carbonyl (C=O) groups is 1. The summed E-state index contributed by atoms with van der Waals surface area (Å²) in [5, 5.41) is 11.2. The lowest BCUT2D eigenvalue weighted by Gasteiger charge is -2.34. The summed E-state index contributed by atoms with van der Waals surface area (Å²) in [5.74, 6) is 0. The minimum atomic E-state index is -1.04. The van der Waals surface area contributed by atoms with Crippen LogP contribution in [0.2, 0.25) is 0 Å². The summed E-state index contributed by atoms with van der Waals surface area (Å²) in [4.78, 5) is 20.3. The van der Waals surface area contributed by atoms with Crippen LogP contribution in [0.25, 0.3) is 33.4 Å². The van der Waals surface area contributed by atoms with Crippen LogP contribution in [-0.2, 0) is 6.54 Å². The minimum Gasteiger partial charge on any atom is -0.465 e. The van der Waals surface area contributed by atoms with Crippen molar-refractivity contribution in [3.63, 3.8) is 0 Å². The molecule has 3 heterocycles. The van der Waals surface area contributed by atoms with Crippen LogP contribution in [0.4, 0.5) is 10.5 Å². The van der Waals surface area contributed by atoms with E-state index in [1.165, 1.54) is 5.69 Å². The Kier molecular flexibility index (Phi) is 5.71. The molecule has 2 aromatic heterocycles. The smallest absolute Gasteiger partial charge is 0.404 e. The average molecular weight is 443 g/mol. The number of pyridine rings is 1. The van der Waals surface area contributed by atoms with E-state index in [1.807, 2.05) is 36.5 Å². The molecule has 7 heteroatoms. The van der Waals surface area contributed by atoms with Crippen molar-refractivity contribution in [2.45, 2.75) is 6.54 Å². The molecule has 0 unspecified atom stereocenters. The van der Waals surface area contributed by atoms with Crippen LogP contribution in [0.1, 0.15) is 5.56 Å². The summed E-state index contributed by atoms with van der Waals surface area (Å²) in [6.07, 6.45) is 2.55. The van der Waals surface area contributed by atoms with Gasteiger partial charge in [0, 0.05) is 55.7 Å². The molecule has 0 spiro atoms. The van der Waals surface area contributed by atoms with Gasteiger partial charge in [0.25, 0.3) is 0 Å². The highest BCUT2D eigenvalue weighted by molar-refractivity contribution is 5.92. The maximum Gasteiger partial charge on any atom is 0.404 e. The van der Waals surface area contributed by atoms with Crippen LogP contribution in [0.3, 0.4) is 0 Å². The molecule has 1 amide bonds. The molecule has 0 radical (unpaired) electrons. The number of aromatic nitrogens is 1. The summed E-state index contributed by atoms with van der Waals surface area (Å²) in [7, 11) is 2.16. The quantitative estimate of drug-likeness (QED) is 0.467. The molecule has 1 saturated heterocycles. The van der Waals surface area contributed by atoms with Gasteiger partial charge in [0.15, 0.2) is 5.58 Å². The number of nitrogens with one attached hydrogen (secondary N) is 1. The molecule has 0 saturated carbocycles. The van der Waals surface area contributed by atoms with Gasteiger partial charge in [-0.1, -0.05) is 30.3 Å².